The third kappa shape index (κ3) is 3.67. The molecule has 0 spiro atoms. The van der Waals surface area contributed by atoms with Crippen LogP contribution < -0.4 is 5.32 Å². The molecule has 6 nitrogen and oxygen atoms in total. The van der Waals surface area contributed by atoms with Gasteiger partial charge in [-0.15, -0.1) is 4.40 Å². The molecule has 29 heavy (non-hydrogen) atoms. The van der Waals surface area contributed by atoms with Crippen LogP contribution in [0.5, 0.6) is 0 Å². The fourth-order valence-electron chi connectivity index (χ4n) is 3.87. The lowest BCUT2D eigenvalue weighted by Gasteiger charge is -2.26. The van der Waals surface area contributed by atoms with Gasteiger partial charge in [0.15, 0.2) is 5.84 Å². The number of fused-ring (bicyclic) bond motifs is 1. The molecule has 2 aliphatic heterocycles. The van der Waals surface area contributed by atoms with Gasteiger partial charge in [-0.25, -0.2) is 0 Å². The Morgan fingerprint density at radius 3 is 2.48 bits per heavy atom. The summed E-state index contributed by atoms with van der Waals surface area (Å²) in [5, 5.41) is 2.98. The predicted molar refractivity (Wildman–Crippen MR) is 114 cm³/mol. The maximum absolute atomic E-state index is 13.0. The number of hydrogen-bond donors (Lipinski definition) is 1. The van der Waals surface area contributed by atoms with Crippen LogP contribution in [0.3, 0.4) is 0 Å². The molecule has 1 fully saturated rings. The molecule has 2 aromatic carbocycles. The number of benzene rings is 2. The number of nitrogens with zero attached hydrogens (tertiary/aromatic N) is 2. The lowest BCUT2D eigenvalue weighted by molar-refractivity contribution is -0.119. The number of amidine groups is 1. The number of nitrogens with one attached hydrogen (secondary N) is 1. The quantitative estimate of drug-likeness (QED) is 0.820. The third-order valence-electron chi connectivity index (χ3n) is 5.46. The van der Waals surface area contributed by atoms with Gasteiger partial charge in [0.1, 0.15) is 10.9 Å². The minimum absolute atomic E-state index is 0.0459. The van der Waals surface area contributed by atoms with E-state index in [2.05, 4.69) is 30.5 Å². The highest BCUT2D eigenvalue weighted by Gasteiger charge is 2.39. The van der Waals surface area contributed by atoms with Gasteiger partial charge in [0.25, 0.3) is 10.0 Å². The summed E-state index contributed by atoms with van der Waals surface area (Å²) in [6.07, 6.45) is 1.47. The van der Waals surface area contributed by atoms with Crippen LogP contribution in [0.1, 0.15) is 44.7 Å². The highest BCUT2D eigenvalue weighted by molar-refractivity contribution is 7.90. The largest absolute Gasteiger partial charge is 0.343 e. The number of carbonyl (C=O) groups excluding carboxylic acids is 1. The molecule has 4 rings (SSSR count). The lowest BCUT2D eigenvalue weighted by Crippen LogP contribution is -2.43. The molecule has 0 bridgehead atoms. The van der Waals surface area contributed by atoms with E-state index in [-0.39, 0.29) is 16.2 Å². The Bertz CT molecular complexity index is 1080. The molecule has 0 radical (unpaired) electrons. The van der Waals surface area contributed by atoms with Crippen LogP contribution in [0.15, 0.2) is 57.8 Å². The van der Waals surface area contributed by atoms with E-state index in [1.54, 1.807) is 24.3 Å². The van der Waals surface area contributed by atoms with Crippen LogP contribution in [-0.4, -0.2) is 37.6 Å². The standard InChI is InChI=1S/C22H25N3O3S/c1-22(2,3)15-10-12-16(13-11-15)23-21(26)18-8-6-14-25(18)20-17-7-4-5-9-19(17)29(27,28)24-20/h4-5,7,9-13,18H,6,8,14H2,1-3H3,(H,23,26)/t18-/m0/s1. The SMILES string of the molecule is CC(C)(C)c1ccc(NC(=O)[C@@H]2CCCN2C2=NS(=O)(=O)c3ccccc32)cc1. The van der Waals surface area contributed by atoms with Gasteiger partial charge in [0.2, 0.25) is 5.91 Å². The fourth-order valence-corrected chi connectivity index (χ4v) is 5.08. The summed E-state index contributed by atoms with van der Waals surface area (Å²) in [6, 6.07) is 14.2. The van der Waals surface area contributed by atoms with Crippen LogP contribution in [0.2, 0.25) is 0 Å². The first kappa shape index (κ1) is 19.6. The van der Waals surface area contributed by atoms with Crippen molar-refractivity contribution in [3.8, 4) is 0 Å². The van der Waals surface area contributed by atoms with Gasteiger partial charge in [0.05, 0.1) is 0 Å². The van der Waals surface area contributed by atoms with Gasteiger partial charge in [-0.1, -0.05) is 45.0 Å². The number of likely N-dealkylation sites (tertiary alicyclic amines) is 1. The molecule has 2 aromatic rings. The van der Waals surface area contributed by atoms with E-state index in [1.807, 2.05) is 29.2 Å². The molecule has 0 aromatic heterocycles. The molecule has 1 saturated heterocycles. The smallest absolute Gasteiger partial charge is 0.285 e. The van der Waals surface area contributed by atoms with Crippen molar-refractivity contribution in [1.82, 2.24) is 4.90 Å². The first-order valence-electron chi connectivity index (χ1n) is 9.79. The van der Waals surface area contributed by atoms with Gasteiger partial charge in [-0.3, -0.25) is 4.79 Å². The Morgan fingerprint density at radius 2 is 1.79 bits per heavy atom. The summed E-state index contributed by atoms with van der Waals surface area (Å²) in [4.78, 5) is 15.0. The predicted octanol–water partition coefficient (Wildman–Crippen LogP) is 3.54. The number of sulfonamides is 1. The van der Waals surface area contributed by atoms with Gasteiger partial charge in [0, 0.05) is 17.8 Å². The molecule has 0 saturated carbocycles. The Balaban J connectivity index is 1.56. The Labute approximate surface area is 171 Å². The fraction of sp³-hybridized carbons (Fsp3) is 0.364. The second-order valence-corrected chi connectivity index (χ2v) is 10.1. The van der Waals surface area contributed by atoms with E-state index >= 15 is 0 Å². The third-order valence-corrected chi connectivity index (χ3v) is 6.78. The normalized spacial score (nSPS) is 20.3. The molecular weight excluding hydrogens is 386 g/mol. The number of rotatable bonds is 2. The van der Waals surface area contributed by atoms with Gasteiger partial charge in [-0.05, 0) is 48.1 Å². The Hall–Kier alpha value is -2.67. The molecule has 1 N–H and O–H groups in total. The van der Waals surface area contributed by atoms with Crippen LogP contribution in [0.25, 0.3) is 0 Å². The van der Waals surface area contributed by atoms with E-state index in [1.165, 1.54) is 5.56 Å². The zero-order valence-electron chi connectivity index (χ0n) is 16.8. The molecule has 152 valence electrons. The molecule has 1 atom stereocenters. The zero-order chi connectivity index (χ0) is 20.8. The average Bonchev–Trinajstić information content (AvgIpc) is 3.25. The van der Waals surface area contributed by atoms with Crippen molar-refractivity contribution in [2.24, 2.45) is 4.40 Å². The molecular formula is C22H25N3O3S. The van der Waals surface area contributed by atoms with Crippen molar-refractivity contribution >= 4 is 27.5 Å². The van der Waals surface area contributed by atoms with Crippen molar-refractivity contribution in [2.75, 3.05) is 11.9 Å². The van der Waals surface area contributed by atoms with Crippen molar-refractivity contribution < 1.29 is 13.2 Å². The van der Waals surface area contributed by atoms with Gasteiger partial charge in [-0.2, -0.15) is 8.42 Å². The first-order chi connectivity index (χ1) is 13.7. The summed E-state index contributed by atoms with van der Waals surface area (Å²) in [5.74, 6) is 0.233. The highest BCUT2D eigenvalue weighted by atomic mass is 32.2. The number of amides is 1. The van der Waals surface area contributed by atoms with Crippen molar-refractivity contribution in [2.45, 2.75) is 50.0 Å². The van der Waals surface area contributed by atoms with Crippen LogP contribution >= 0.6 is 0 Å². The molecule has 1 amide bonds. The zero-order valence-corrected chi connectivity index (χ0v) is 17.7. The minimum Gasteiger partial charge on any atom is -0.343 e. The molecule has 7 heteroatoms. The van der Waals surface area contributed by atoms with E-state index in [0.717, 1.165) is 12.1 Å². The summed E-state index contributed by atoms with van der Waals surface area (Å²) >= 11 is 0. The monoisotopic (exact) mass is 411 g/mol. The van der Waals surface area contributed by atoms with Crippen molar-refractivity contribution in [1.29, 1.82) is 0 Å². The molecule has 0 unspecified atom stereocenters. The van der Waals surface area contributed by atoms with Crippen LogP contribution in [0.4, 0.5) is 5.69 Å². The summed E-state index contributed by atoms with van der Waals surface area (Å²) in [6.45, 7) is 7.03. The van der Waals surface area contributed by atoms with E-state index in [9.17, 15) is 13.2 Å². The van der Waals surface area contributed by atoms with E-state index in [4.69, 9.17) is 0 Å². The number of hydrogen-bond acceptors (Lipinski definition) is 4. The van der Waals surface area contributed by atoms with Crippen molar-refractivity contribution in [3.05, 3.63) is 59.7 Å². The maximum atomic E-state index is 13.0. The first-order valence-corrected chi connectivity index (χ1v) is 11.2. The van der Waals surface area contributed by atoms with Crippen LogP contribution in [0, 0.1) is 0 Å². The Kier molecular flexibility index (Phi) is 4.73. The minimum atomic E-state index is -3.70. The maximum Gasteiger partial charge on any atom is 0.285 e. The highest BCUT2D eigenvalue weighted by Crippen LogP contribution is 2.31. The molecule has 2 heterocycles. The Morgan fingerprint density at radius 1 is 1.10 bits per heavy atom. The second kappa shape index (κ2) is 6.99. The molecule has 2 aliphatic rings. The van der Waals surface area contributed by atoms with Gasteiger partial charge >= 0.3 is 0 Å². The second-order valence-electron chi connectivity index (χ2n) is 8.55. The van der Waals surface area contributed by atoms with Crippen molar-refractivity contribution in [3.63, 3.8) is 0 Å². The summed E-state index contributed by atoms with van der Waals surface area (Å²) in [7, 11) is -3.70. The summed E-state index contributed by atoms with van der Waals surface area (Å²) in [5.41, 5.74) is 2.54. The van der Waals surface area contributed by atoms with Crippen LogP contribution in [-0.2, 0) is 20.2 Å². The van der Waals surface area contributed by atoms with E-state index in [0.29, 0.717) is 24.4 Å². The summed E-state index contributed by atoms with van der Waals surface area (Å²) < 4.78 is 28.8. The van der Waals surface area contributed by atoms with E-state index < -0.39 is 16.1 Å². The number of anilines is 1. The topological polar surface area (TPSA) is 78.8 Å². The van der Waals surface area contributed by atoms with Gasteiger partial charge < -0.3 is 10.2 Å². The number of carbonyl (C=O) groups is 1. The molecule has 0 aliphatic carbocycles. The average molecular weight is 412 g/mol. The lowest BCUT2D eigenvalue weighted by atomic mass is 9.87.